The zero-order valence-electron chi connectivity index (χ0n) is 12.4. The van der Waals surface area contributed by atoms with Crippen molar-refractivity contribution in [2.24, 2.45) is 0 Å². The lowest BCUT2D eigenvalue weighted by molar-refractivity contribution is -0.385. The van der Waals surface area contributed by atoms with Crippen LogP contribution in [0.2, 0.25) is 0 Å². The van der Waals surface area contributed by atoms with Crippen molar-refractivity contribution in [1.29, 1.82) is 0 Å². The zero-order valence-corrected chi connectivity index (χ0v) is 12.4. The minimum absolute atomic E-state index is 0.0197. The predicted molar refractivity (Wildman–Crippen MR) is 79.1 cm³/mol. The van der Waals surface area contributed by atoms with Crippen LogP contribution in [0.4, 0.5) is 11.4 Å². The molecule has 0 aliphatic rings. The quantitative estimate of drug-likeness (QED) is 0.340. The lowest BCUT2D eigenvalue weighted by atomic mass is 10.0. The molecule has 0 aromatic heterocycles. The summed E-state index contributed by atoms with van der Waals surface area (Å²) in [5, 5.41) is 19.6. The Labute approximate surface area is 126 Å². The summed E-state index contributed by atoms with van der Waals surface area (Å²) in [6, 6.07) is 2.42. The van der Waals surface area contributed by atoms with Crippen LogP contribution in [0.3, 0.4) is 0 Å². The first kappa shape index (κ1) is 17.4. The summed E-state index contributed by atoms with van der Waals surface area (Å²) in [7, 11) is 3.48. The minimum Gasteiger partial charge on any atom is -0.462 e. The number of esters is 1. The molecule has 0 aliphatic carbocycles. The highest BCUT2D eigenvalue weighted by Gasteiger charge is 2.23. The third kappa shape index (κ3) is 4.43. The van der Waals surface area contributed by atoms with Gasteiger partial charge in [-0.2, -0.15) is 0 Å². The second kappa shape index (κ2) is 7.96. The molecular weight excluding hydrogens is 294 g/mol. The molecule has 120 valence electrons. The molecular formula is C13H17N3O6. The van der Waals surface area contributed by atoms with Gasteiger partial charge in [-0.25, -0.2) is 15.5 Å². The second-order valence-corrected chi connectivity index (χ2v) is 4.41. The molecule has 0 atom stereocenters. The molecule has 0 amide bonds. The van der Waals surface area contributed by atoms with Gasteiger partial charge < -0.3 is 9.64 Å². The van der Waals surface area contributed by atoms with Gasteiger partial charge in [-0.1, -0.05) is 0 Å². The molecule has 9 heteroatoms. The van der Waals surface area contributed by atoms with E-state index < -0.39 is 10.9 Å². The molecule has 0 heterocycles. The highest BCUT2D eigenvalue weighted by molar-refractivity contribution is 5.97. The maximum Gasteiger partial charge on any atom is 0.339 e. The van der Waals surface area contributed by atoms with E-state index in [0.29, 0.717) is 0 Å². The van der Waals surface area contributed by atoms with Gasteiger partial charge in [-0.15, -0.1) is 4.99 Å². The Morgan fingerprint density at radius 3 is 2.68 bits per heavy atom. The monoisotopic (exact) mass is 311 g/mol. The maximum absolute atomic E-state index is 12.0. The Bertz CT molecular complexity index is 585. The molecule has 0 saturated heterocycles. The number of anilines is 1. The molecule has 1 rings (SSSR count). The Morgan fingerprint density at radius 1 is 1.50 bits per heavy atom. The van der Waals surface area contributed by atoms with Crippen molar-refractivity contribution < 1.29 is 24.7 Å². The molecule has 0 bridgehead atoms. The minimum atomic E-state index is -0.717. The van der Waals surface area contributed by atoms with Gasteiger partial charge in [-0.05, 0) is 25.3 Å². The van der Waals surface area contributed by atoms with Crippen LogP contribution in [0.5, 0.6) is 0 Å². The number of nitro groups is 1. The maximum atomic E-state index is 12.0. The third-order valence-corrected chi connectivity index (χ3v) is 2.55. The van der Waals surface area contributed by atoms with Crippen LogP contribution in [0.1, 0.15) is 22.8 Å². The summed E-state index contributed by atoms with van der Waals surface area (Å²) >= 11 is 0. The van der Waals surface area contributed by atoms with Gasteiger partial charge in [0.25, 0.3) is 5.69 Å². The lowest BCUT2D eigenvalue weighted by Crippen LogP contribution is -2.10. The third-order valence-electron chi connectivity index (χ3n) is 2.55. The first-order chi connectivity index (χ1) is 10.4. The zero-order chi connectivity index (χ0) is 16.7. The van der Waals surface area contributed by atoms with Gasteiger partial charge in [0.15, 0.2) is 0 Å². The summed E-state index contributed by atoms with van der Waals surface area (Å²) in [5.74, 6) is -0.717. The first-order valence-electron chi connectivity index (χ1n) is 6.31. The van der Waals surface area contributed by atoms with Crippen molar-refractivity contribution in [1.82, 2.24) is 4.90 Å². The van der Waals surface area contributed by atoms with Gasteiger partial charge in [0.1, 0.15) is 0 Å². The van der Waals surface area contributed by atoms with Crippen molar-refractivity contribution >= 4 is 23.4 Å². The summed E-state index contributed by atoms with van der Waals surface area (Å²) in [5.41, 5.74) is 1.83. The standard InChI is InChI=1S/C13H17N3O6/c1-4-21-13(17)11-7-9(14-22-20)8-12(16(18)19)10(11)5-6-15(2)3/h5-8,14,20H,4H2,1-3H3. The first-order valence-corrected chi connectivity index (χ1v) is 6.31. The van der Waals surface area contributed by atoms with E-state index in [9.17, 15) is 14.9 Å². The van der Waals surface area contributed by atoms with E-state index in [1.54, 1.807) is 32.1 Å². The molecule has 1 aromatic rings. The van der Waals surface area contributed by atoms with Crippen LogP contribution < -0.4 is 5.48 Å². The van der Waals surface area contributed by atoms with E-state index in [1.165, 1.54) is 12.1 Å². The Balaban J connectivity index is 3.51. The van der Waals surface area contributed by atoms with E-state index in [0.717, 1.165) is 6.07 Å². The molecule has 2 N–H and O–H groups in total. The van der Waals surface area contributed by atoms with Crippen molar-refractivity contribution in [3.8, 4) is 0 Å². The van der Waals surface area contributed by atoms with Crippen molar-refractivity contribution in [3.63, 3.8) is 0 Å². The molecule has 0 spiro atoms. The molecule has 9 nitrogen and oxygen atoms in total. The van der Waals surface area contributed by atoms with Crippen LogP contribution in [-0.2, 0) is 9.73 Å². The second-order valence-electron chi connectivity index (χ2n) is 4.41. The van der Waals surface area contributed by atoms with Gasteiger partial charge in [0, 0.05) is 20.2 Å². The van der Waals surface area contributed by atoms with Crippen LogP contribution in [0.25, 0.3) is 6.08 Å². The number of ether oxygens (including phenoxy) is 1. The summed E-state index contributed by atoms with van der Waals surface area (Å²) < 4.78 is 4.90. The molecule has 22 heavy (non-hydrogen) atoms. The van der Waals surface area contributed by atoms with E-state index >= 15 is 0 Å². The van der Waals surface area contributed by atoms with E-state index in [2.05, 4.69) is 4.99 Å². The van der Waals surface area contributed by atoms with E-state index in [4.69, 9.17) is 9.99 Å². The van der Waals surface area contributed by atoms with Gasteiger partial charge in [-0.3, -0.25) is 10.1 Å². The lowest BCUT2D eigenvalue weighted by Gasteiger charge is -2.10. The average Bonchev–Trinajstić information content (AvgIpc) is 2.45. The SMILES string of the molecule is CCOC(=O)c1cc(NOO)cc([N+](=O)[O-])c1C=CN(C)C. The Kier molecular flexibility index (Phi) is 6.29. The number of carbonyl (C=O) groups is 1. The molecule has 0 aliphatic heterocycles. The summed E-state index contributed by atoms with van der Waals surface area (Å²) in [4.78, 5) is 28.0. The molecule has 0 unspecified atom stereocenters. The summed E-state index contributed by atoms with van der Waals surface area (Å²) in [6.07, 6.45) is 3.01. The van der Waals surface area contributed by atoms with Crippen LogP contribution in [0.15, 0.2) is 18.3 Å². The number of hydrogen-bond acceptors (Lipinski definition) is 8. The fraction of sp³-hybridized carbons (Fsp3) is 0.308. The Morgan fingerprint density at radius 2 is 2.18 bits per heavy atom. The smallest absolute Gasteiger partial charge is 0.339 e. The van der Waals surface area contributed by atoms with E-state index in [1.807, 2.05) is 5.48 Å². The van der Waals surface area contributed by atoms with Crippen LogP contribution in [-0.4, -0.2) is 41.8 Å². The van der Waals surface area contributed by atoms with Crippen molar-refractivity contribution in [2.75, 3.05) is 26.2 Å². The Hall–Kier alpha value is -2.65. The van der Waals surface area contributed by atoms with E-state index in [-0.39, 0.29) is 29.1 Å². The molecule has 0 radical (unpaired) electrons. The van der Waals surface area contributed by atoms with Crippen molar-refractivity contribution in [2.45, 2.75) is 6.92 Å². The topological polar surface area (TPSA) is 114 Å². The van der Waals surface area contributed by atoms with Crippen molar-refractivity contribution in [3.05, 3.63) is 39.6 Å². The van der Waals surface area contributed by atoms with Gasteiger partial charge in [0.2, 0.25) is 0 Å². The molecule has 1 aromatic carbocycles. The number of rotatable bonds is 7. The van der Waals surface area contributed by atoms with Gasteiger partial charge >= 0.3 is 5.97 Å². The number of benzene rings is 1. The number of hydrogen-bond donors (Lipinski definition) is 2. The molecule has 0 saturated carbocycles. The van der Waals surface area contributed by atoms with Gasteiger partial charge in [0.05, 0.1) is 28.3 Å². The number of carbonyl (C=O) groups excluding carboxylic acids is 1. The van der Waals surface area contributed by atoms with Crippen LogP contribution >= 0.6 is 0 Å². The largest absolute Gasteiger partial charge is 0.462 e. The number of nitrogens with zero attached hydrogens (tertiary/aromatic N) is 2. The number of nitrogens with one attached hydrogen (secondary N) is 1. The highest BCUT2D eigenvalue weighted by Crippen LogP contribution is 2.29. The fourth-order valence-electron chi connectivity index (χ4n) is 1.68. The van der Waals surface area contributed by atoms with Crippen LogP contribution in [0, 0.1) is 10.1 Å². The highest BCUT2D eigenvalue weighted by atomic mass is 17.2. The fourth-order valence-corrected chi connectivity index (χ4v) is 1.68. The normalized spacial score (nSPS) is 10.5. The number of nitro benzene ring substituents is 1. The summed E-state index contributed by atoms with van der Waals surface area (Å²) in [6.45, 7) is 1.75. The molecule has 0 fully saturated rings. The average molecular weight is 311 g/mol. The predicted octanol–water partition coefficient (Wildman–Crippen LogP) is 2.12.